The molecule has 4 aliphatic rings. The Morgan fingerprint density at radius 1 is 1.26 bits per heavy atom. The molecule has 1 aliphatic heterocycles. The molecule has 0 spiro atoms. The van der Waals surface area contributed by atoms with Crippen molar-refractivity contribution in [2.24, 2.45) is 22.1 Å². The van der Waals surface area contributed by atoms with E-state index in [-0.39, 0.29) is 17.4 Å². The Bertz CT molecular complexity index is 1190. The van der Waals surface area contributed by atoms with E-state index in [0.717, 1.165) is 49.1 Å². The van der Waals surface area contributed by atoms with Crippen LogP contribution in [0.2, 0.25) is 5.02 Å². The van der Waals surface area contributed by atoms with E-state index in [1.807, 2.05) is 6.07 Å². The predicted molar refractivity (Wildman–Crippen MR) is 126 cm³/mol. The Hall–Kier alpha value is -3.07. The summed E-state index contributed by atoms with van der Waals surface area (Å²) in [6.45, 7) is 0. The van der Waals surface area contributed by atoms with Crippen LogP contribution in [0.25, 0.3) is 0 Å². The van der Waals surface area contributed by atoms with Crippen molar-refractivity contribution in [1.29, 1.82) is 0 Å². The molecule has 2 atom stereocenters. The maximum Gasteiger partial charge on any atom is 0.433 e. The van der Waals surface area contributed by atoms with Crippen molar-refractivity contribution in [3.63, 3.8) is 0 Å². The molecule has 10 heteroatoms. The molecule has 3 N–H and O–H groups in total. The first kappa shape index (κ1) is 23.7. The van der Waals surface area contributed by atoms with E-state index in [0.29, 0.717) is 28.8 Å². The third-order valence-electron chi connectivity index (χ3n) is 7.26. The number of aromatic nitrogens is 1. The van der Waals surface area contributed by atoms with Gasteiger partial charge < -0.3 is 15.8 Å². The molecule has 35 heavy (non-hydrogen) atoms. The normalized spacial score (nSPS) is 27.8. The molecule has 3 saturated carbocycles. The van der Waals surface area contributed by atoms with Crippen LogP contribution in [-0.4, -0.2) is 29.3 Å². The van der Waals surface area contributed by atoms with Gasteiger partial charge in [0.1, 0.15) is 11.4 Å². The van der Waals surface area contributed by atoms with Gasteiger partial charge in [0, 0.05) is 22.7 Å². The molecule has 2 aromatic rings. The molecule has 1 aromatic carbocycles. The fraction of sp³-hybridized carbons (Fsp3) is 0.400. The number of aryl methyl sites for hydroxylation is 1. The molecule has 6 nitrogen and oxygen atoms in total. The fourth-order valence-corrected chi connectivity index (χ4v) is 5.65. The number of halogens is 4. The van der Waals surface area contributed by atoms with Crippen molar-refractivity contribution >= 4 is 29.4 Å². The summed E-state index contributed by atoms with van der Waals surface area (Å²) in [6, 6.07) is 7.59. The number of carbonyl (C=O) groups is 1. The van der Waals surface area contributed by atoms with Crippen LogP contribution in [0.4, 0.5) is 18.9 Å². The molecular weight excluding hydrogens is 481 g/mol. The number of amides is 1. The zero-order valence-corrected chi connectivity index (χ0v) is 19.4. The zero-order valence-electron chi connectivity index (χ0n) is 18.7. The third kappa shape index (κ3) is 4.61. The summed E-state index contributed by atoms with van der Waals surface area (Å²) in [4.78, 5) is 20.6. The lowest BCUT2D eigenvalue weighted by atomic mass is 9.65. The first-order valence-corrected chi connectivity index (χ1v) is 11.8. The summed E-state index contributed by atoms with van der Waals surface area (Å²) in [5, 5.41) is 3.81. The van der Waals surface area contributed by atoms with Crippen molar-refractivity contribution < 1.29 is 22.7 Å². The monoisotopic (exact) mass is 504 g/mol. The quantitative estimate of drug-likeness (QED) is 0.562. The first-order chi connectivity index (χ1) is 16.7. The van der Waals surface area contributed by atoms with Gasteiger partial charge in [0.05, 0.1) is 11.9 Å². The summed E-state index contributed by atoms with van der Waals surface area (Å²) in [5.74, 6) is 0.904. The van der Waals surface area contributed by atoms with Gasteiger partial charge in [0.25, 0.3) is 5.91 Å². The zero-order chi connectivity index (χ0) is 24.8. The van der Waals surface area contributed by atoms with Crippen LogP contribution >= 0.6 is 11.6 Å². The number of nitrogens with two attached hydrogens (primary N) is 1. The number of hydrogen-bond acceptors (Lipinski definition) is 5. The molecule has 0 radical (unpaired) electrons. The van der Waals surface area contributed by atoms with Crippen molar-refractivity contribution in [3.8, 4) is 5.75 Å². The number of pyridine rings is 1. The lowest BCUT2D eigenvalue weighted by Crippen LogP contribution is -2.45. The van der Waals surface area contributed by atoms with Crippen LogP contribution in [0.5, 0.6) is 5.75 Å². The minimum atomic E-state index is -4.49. The van der Waals surface area contributed by atoms with Gasteiger partial charge in [-0.15, -0.1) is 0 Å². The molecule has 3 fully saturated rings. The summed E-state index contributed by atoms with van der Waals surface area (Å²) < 4.78 is 44.0. The number of nitrogens with one attached hydrogen (secondary N) is 1. The predicted octanol–water partition coefficient (Wildman–Crippen LogP) is 4.98. The number of aliphatic imine (C=N–C) groups is 1. The summed E-state index contributed by atoms with van der Waals surface area (Å²) in [6.07, 6.45) is 2.90. The van der Waals surface area contributed by atoms with E-state index in [1.165, 1.54) is 12.3 Å². The highest BCUT2D eigenvalue weighted by atomic mass is 35.5. The molecular formula is C25H24ClF3N4O2. The average molecular weight is 505 g/mol. The second kappa shape index (κ2) is 8.86. The Morgan fingerprint density at radius 3 is 2.74 bits per heavy atom. The van der Waals surface area contributed by atoms with Crippen molar-refractivity contribution in [2.45, 2.75) is 50.4 Å². The van der Waals surface area contributed by atoms with E-state index in [1.54, 1.807) is 18.3 Å². The lowest BCUT2D eigenvalue weighted by molar-refractivity contribution is -0.141. The van der Waals surface area contributed by atoms with Crippen LogP contribution < -0.4 is 15.8 Å². The van der Waals surface area contributed by atoms with Crippen LogP contribution in [0.1, 0.15) is 36.9 Å². The van der Waals surface area contributed by atoms with E-state index in [9.17, 15) is 18.0 Å². The second-order valence-electron chi connectivity index (χ2n) is 9.44. The lowest BCUT2D eigenvalue weighted by Gasteiger charge is -2.39. The van der Waals surface area contributed by atoms with Gasteiger partial charge in [-0.1, -0.05) is 11.6 Å². The molecule has 1 unspecified atom stereocenters. The largest absolute Gasteiger partial charge is 0.480 e. The maximum atomic E-state index is 12.9. The molecule has 1 aromatic heterocycles. The van der Waals surface area contributed by atoms with E-state index >= 15 is 0 Å². The van der Waals surface area contributed by atoms with Crippen molar-refractivity contribution in [1.82, 2.24) is 10.3 Å². The third-order valence-corrected chi connectivity index (χ3v) is 7.49. The average Bonchev–Trinajstić information content (AvgIpc) is 3.34. The fourth-order valence-electron chi connectivity index (χ4n) is 5.45. The highest BCUT2D eigenvalue weighted by molar-refractivity contribution is 6.30. The van der Waals surface area contributed by atoms with E-state index in [4.69, 9.17) is 22.1 Å². The highest BCUT2D eigenvalue weighted by Gasteiger charge is 2.58. The van der Waals surface area contributed by atoms with Crippen molar-refractivity contribution in [2.75, 3.05) is 0 Å². The Labute approximate surface area is 205 Å². The molecule has 2 heterocycles. The number of allylic oxidation sites excluding steroid dienone is 1. The number of alkyl halides is 3. The van der Waals surface area contributed by atoms with Gasteiger partial charge in [0.2, 0.25) is 0 Å². The smallest absolute Gasteiger partial charge is 0.433 e. The minimum Gasteiger partial charge on any atom is -0.480 e. The van der Waals surface area contributed by atoms with Crippen LogP contribution in [0.3, 0.4) is 0 Å². The van der Waals surface area contributed by atoms with Gasteiger partial charge >= 0.3 is 6.18 Å². The molecule has 0 saturated heterocycles. The Kier molecular flexibility index (Phi) is 5.99. The van der Waals surface area contributed by atoms with Gasteiger partial charge in [0.15, 0.2) is 6.10 Å². The van der Waals surface area contributed by atoms with E-state index in [2.05, 4.69) is 15.3 Å². The van der Waals surface area contributed by atoms with Crippen LogP contribution in [0, 0.1) is 11.3 Å². The first-order valence-electron chi connectivity index (χ1n) is 11.4. The Balaban J connectivity index is 1.20. The topological polar surface area (TPSA) is 89.6 Å². The number of fused-ring (bicyclic) bond motifs is 2. The molecule has 184 valence electrons. The van der Waals surface area contributed by atoms with Crippen LogP contribution in [-0.2, 0) is 17.4 Å². The summed E-state index contributed by atoms with van der Waals surface area (Å²) in [7, 11) is 0. The number of nitrogens with zero attached hydrogens (tertiary/aromatic N) is 2. The van der Waals surface area contributed by atoms with Gasteiger partial charge in [-0.25, -0.2) is 4.98 Å². The number of carbonyl (C=O) groups excluding carboxylic acids is 1. The van der Waals surface area contributed by atoms with E-state index < -0.39 is 18.0 Å². The molecule has 6 rings (SSSR count). The van der Waals surface area contributed by atoms with Gasteiger partial charge in [-0.05, 0) is 85.7 Å². The SMILES string of the molecule is NC=C(C=Nc1ccc(C(F)(F)F)nc1)C12CC(C1)C(NC(=O)[C@H]1CCc3cc(Cl)ccc3O1)C2. The number of benzene rings is 1. The molecule has 1 amide bonds. The van der Waals surface area contributed by atoms with Crippen molar-refractivity contribution in [3.05, 3.63) is 64.6 Å². The Morgan fingerprint density at radius 2 is 2.06 bits per heavy atom. The minimum absolute atomic E-state index is 0.00815. The summed E-state index contributed by atoms with van der Waals surface area (Å²) in [5.41, 5.74) is 6.86. The molecule has 2 bridgehead atoms. The number of hydrogen-bond donors (Lipinski definition) is 2. The number of rotatable bonds is 5. The standard InChI is InChI=1S/C25H24ClF3N4O2/c26-17-2-5-20-14(7-17)1-4-21(35-20)23(34)33-19-10-24(8-15(19)9-24)16(11-30)12-31-18-3-6-22(32-13-18)25(27,28)29/h2-3,5-7,11-13,15,19,21H,1,4,8-10,30H2,(H,33,34)/t15?,19?,21-,24?/m1/s1. The van der Waals surface area contributed by atoms with Crippen LogP contribution in [0.15, 0.2) is 53.3 Å². The highest BCUT2D eigenvalue weighted by Crippen LogP contribution is 2.62. The maximum absolute atomic E-state index is 12.9. The molecule has 3 aliphatic carbocycles. The second-order valence-corrected chi connectivity index (χ2v) is 9.88. The van der Waals surface area contributed by atoms with Gasteiger partial charge in [-0.2, -0.15) is 13.2 Å². The number of ether oxygens (including phenoxy) is 1. The summed E-state index contributed by atoms with van der Waals surface area (Å²) >= 11 is 6.04. The van der Waals surface area contributed by atoms with Gasteiger partial charge in [-0.3, -0.25) is 9.79 Å².